The number of hydrogen-bond acceptors (Lipinski definition) is 4. The standard InChI is InChI=1S/C42H71NO4/c1-12-25-43(13-2)26-24-42-21-16-29(28(3)4)35(42)30-14-15-32-39(9)19-18-33(47-34(44)27-37(5,6)36(45)46)38(7,8)31(39)17-20-41(32,11)40(30,10)22-23-42/h29-33,35H,3,12-27H2,1-2,4-11H3,(H,45,46)/t29-,30+,31?,32?,33-,35?,39-,40+,41+,42+/m0/s1. The first-order valence-electron chi connectivity index (χ1n) is 19.6. The van der Waals surface area contributed by atoms with Crippen molar-refractivity contribution in [3.05, 3.63) is 12.2 Å². The van der Waals surface area contributed by atoms with E-state index in [1.807, 2.05) is 0 Å². The van der Waals surface area contributed by atoms with Crippen LogP contribution in [0.5, 0.6) is 0 Å². The highest BCUT2D eigenvalue weighted by Crippen LogP contribution is 2.78. The number of carbonyl (C=O) groups excluding carboxylic acids is 1. The van der Waals surface area contributed by atoms with Gasteiger partial charge in [-0.25, -0.2) is 0 Å². The number of carboxylic acids is 1. The van der Waals surface area contributed by atoms with Gasteiger partial charge in [-0.2, -0.15) is 0 Å². The lowest BCUT2D eigenvalue weighted by Crippen LogP contribution is -2.66. The Hall–Kier alpha value is -1.36. The predicted octanol–water partition coefficient (Wildman–Crippen LogP) is 10.2. The van der Waals surface area contributed by atoms with Gasteiger partial charge in [-0.15, -0.1) is 0 Å². The van der Waals surface area contributed by atoms with Crippen LogP contribution in [-0.4, -0.2) is 47.7 Å². The molecule has 0 aromatic rings. The van der Waals surface area contributed by atoms with Crippen molar-refractivity contribution in [2.24, 2.45) is 62.1 Å². The summed E-state index contributed by atoms with van der Waals surface area (Å²) in [6, 6.07) is 0. The Morgan fingerprint density at radius 1 is 0.872 bits per heavy atom. The van der Waals surface area contributed by atoms with Crippen molar-refractivity contribution in [1.82, 2.24) is 4.90 Å². The zero-order chi connectivity index (χ0) is 34.8. The van der Waals surface area contributed by atoms with Gasteiger partial charge >= 0.3 is 11.9 Å². The molecular formula is C42H71NO4. The number of fused-ring (bicyclic) bond motifs is 7. The summed E-state index contributed by atoms with van der Waals surface area (Å²) in [4.78, 5) is 27.5. The summed E-state index contributed by atoms with van der Waals surface area (Å²) in [5, 5.41) is 9.59. The lowest BCUT2D eigenvalue weighted by Gasteiger charge is -2.73. The van der Waals surface area contributed by atoms with Crippen LogP contribution in [0.3, 0.4) is 0 Å². The van der Waals surface area contributed by atoms with E-state index in [1.165, 1.54) is 82.9 Å². The van der Waals surface area contributed by atoms with E-state index < -0.39 is 11.4 Å². The zero-order valence-electron chi connectivity index (χ0n) is 32.1. The molecule has 3 unspecified atom stereocenters. The molecule has 5 heteroatoms. The third-order valence-electron chi connectivity index (χ3n) is 16.5. The molecule has 0 amide bonds. The van der Waals surface area contributed by atoms with E-state index in [-0.39, 0.29) is 29.3 Å². The minimum absolute atomic E-state index is 0.0831. The molecule has 0 aliphatic heterocycles. The maximum Gasteiger partial charge on any atom is 0.309 e. The van der Waals surface area contributed by atoms with Crippen LogP contribution in [0.1, 0.15) is 153 Å². The molecule has 1 N–H and O–H groups in total. The topological polar surface area (TPSA) is 66.8 Å². The van der Waals surface area contributed by atoms with E-state index in [0.717, 1.165) is 31.2 Å². The molecule has 0 bridgehead atoms. The molecule has 5 aliphatic carbocycles. The van der Waals surface area contributed by atoms with Gasteiger partial charge in [0, 0.05) is 5.41 Å². The molecule has 5 aliphatic rings. The quantitative estimate of drug-likeness (QED) is 0.178. The maximum absolute atomic E-state index is 13.1. The summed E-state index contributed by atoms with van der Waals surface area (Å²) in [5.41, 5.74) is 1.50. The van der Waals surface area contributed by atoms with Gasteiger partial charge in [-0.1, -0.05) is 60.6 Å². The number of aliphatic carboxylic acids is 1. The van der Waals surface area contributed by atoms with Gasteiger partial charge in [0.15, 0.2) is 0 Å². The molecule has 5 fully saturated rings. The van der Waals surface area contributed by atoms with Crippen LogP contribution >= 0.6 is 0 Å². The van der Waals surface area contributed by atoms with Gasteiger partial charge in [0.1, 0.15) is 6.10 Å². The lowest BCUT2D eigenvalue weighted by atomic mass is 9.32. The summed E-state index contributed by atoms with van der Waals surface area (Å²) >= 11 is 0. The number of hydrogen-bond donors (Lipinski definition) is 1. The Kier molecular flexibility index (Phi) is 10.0. The Morgan fingerprint density at radius 3 is 2.19 bits per heavy atom. The van der Waals surface area contributed by atoms with Crippen molar-refractivity contribution >= 4 is 11.9 Å². The smallest absolute Gasteiger partial charge is 0.309 e. The average molecular weight is 654 g/mol. The van der Waals surface area contributed by atoms with E-state index in [9.17, 15) is 14.7 Å². The van der Waals surface area contributed by atoms with Gasteiger partial charge in [0.05, 0.1) is 11.8 Å². The van der Waals surface area contributed by atoms with Crippen LogP contribution in [0.25, 0.3) is 0 Å². The maximum atomic E-state index is 13.1. The Labute approximate surface area is 288 Å². The molecule has 0 radical (unpaired) electrons. The van der Waals surface area contributed by atoms with Gasteiger partial charge in [0.25, 0.3) is 0 Å². The van der Waals surface area contributed by atoms with Gasteiger partial charge in [-0.05, 0) is 169 Å². The van der Waals surface area contributed by atoms with E-state index in [2.05, 4.69) is 66.9 Å². The van der Waals surface area contributed by atoms with E-state index >= 15 is 0 Å². The first-order chi connectivity index (χ1) is 21.8. The molecule has 0 aromatic carbocycles. The molecular weight excluding hydrogens is 582 g/mol. The largest absolute Gasteiger partial charge is 0.481 e. The van der Waals surface area contributed by atoms with Crippen molar-refractivity contribution in [1.29, 1.82) is 0 Å². The van der Waals surface area contributed by atoms with Crippen LogP contribution in [0, 0.1) is 62.1 Å². The molecule has 0 spiro atoms. The summed E-state index contributed by atoms with van der Waals surface area (Å²) in [5.74, 6) is 2.06. The number of allylic oxidation sites excluding steroid dienone is 1. The highest BCUT2D eigenvalue weighted by molar-refractivity contribution is 5.81. The van der Waals surface area contributed by atoms with E-state index in [0.29, 0.717) is 34.0 Å². The Morgan fingerprint density at radius 2 is 1.57 bits per heavy atom. The second kappa shape index (κ2) is 12.8. The molecule has 47 heavy (non-hydrogen) atoms. The van der Waals surface area contributed by atoms with Gasteiger partial charge in [0.2, 0.25) is 0 Å². The first-order valence-corrected chi connectivity index (χ1v) is 19.6. The minimum atomic E-state index is -1.11. The summed E-state index contributed by atoms with van der Waals surface area (Å²) in [7, 11) is 0. The minimum Gasteiger partial charge on any atom is -0.481 e. The monoisotopic (exact) mass is 654 g/mol. The summed E-state index contributed by atoms with van der Waals surface area (Å²) < 4.78 is 6.20. The fourth-order valence-corrected chi connectivity index (χ4v) is 13.7. The molecule has 5 rings (SSSR count). The third-order valence-corrected chi connectivity index (χ3v) is 16.5. The number of carbonyl (C=O) groups is 2. The second-order valence-electron chi connectivity index (χ2n) is 19.4. The van der Waals surface area contributed by atoms with Crippen molar-refractivity contribution < 1.29 is 19.4 Å². The van der Waals surface area contributed by atoms with Crippen molar-refractivity contribution in [2.75, 3.05) is 19.6 Å². The SMILES string of the molecule is C=C(C)[C@@H]1CC[C@]2(CCN(CC)CCC)CC[C@]3(C)[C@H](CCC4[C@@]5(C)CC[C@H](OC(=O)CC(C)(C)C(=O)O)C(C)(C)C5CC[C@]43C)C12. The number of carboxylic acid groups (broad SMARTS) is 1. The highest BCUT2D eigenvalue weighted by Gasteiger charge is 2.71. The molecule has 0 saturated heterocycles. The number of esters is 1. The molecule has 0 aromatic heterocycles. The van der Waals surface area contributed by atoms with Crippen LogP contribution in [0.15, 0.2) is 12.2 Å². The Bertz CT molecular complexity index is 1210. The van der Waals surface area contributed by atoms with Crippen molar-refractivity contribution in [3.63, 3.8) is 0 Å². The number of rotatable bonds is 11. The summed E-state index contributed by atoms with van der Waals surface area (Å²) in [6.45, 7) is 31.2. The van der Waals surface area contributed by atoms with Gasteiger partial charge in [-0.3, -0.25) is 9.59 Å². The van der Waals surface area contributed by atoms with E-state index in [4.69, 9.17) is 4.74 Å². The zero-order valence-corrected chi connectivity index (χ0v) is 32.1. The fourth-order valence-electron chi connectivity index (χ4n) is 13.7. The lowest BCUT2D eigenvalue weighted by molar-refractivity contribution is -0.250. The summed E-state index contributed by atoms with van der Waals surface area (Å²) in [6.07, 6.45) is 14.9. The molecule has 5 nitrogen and oxygen atoms in total. The van der Waals surface area contributed by atoms with Gasteiger partial charge < -0.3 is 14.7 Å². The molecule has 10 atom stereocenters. The normalized spacial score (nSPS) is 42.5. The number of nitrogens with zero attached hydrogens (tertiary/aromatic N) is 1. The second-order valence-corrected chi connectivity index (χ2v) is 19.4. The molecule has 0 heterocycles. The van der Waals surface area contributed by atoms with Crippen molar-refractivity contribution in [3.8, 4) is 0 Å². The third kappa shape index (κ3) is 5.86. The van der Waals surface area contributed by atoms with Crippen LogP contribution in [0.2, 0.25) is 0 Å². The van der Waals surface area contributed by atoms with Crippen LogP contribution in [-0.2, 0) is 14.3 Å². The van der Waals surface area contributed by atoms with Crippen LogP contribution < -0.4 is 0 Å². The van der Waals surface area contributed by atoms with Crippen LogP contribution in [0.4, 0.5) is 0 Å². The molecule has 5 saturated carbocycles. The Balaban J connectivity index is 1.39. The number of ether oxygens (including phenoxy) is 1. The predicted molar refractivity (Wildman–Crippen MR) is 192 cm³/mol. The fraction of sp³-hybridized carbons (Fsp3) is 0.905. The first kappa shape index (κ1) is 36.9. The molecule has 268 valence electrons. The average Bonchev–Trinajstić information content (AvgIpc) is 3.37. The van der Waals surface area contributed by atoms with E-state index in [1.54, 1.807) is 13.8 Å². The highest BCUT2D eigenvalue weighted by atomic mass is 16.5. The van der Waals surface area contributed by atoms with Crippen molar-refractivity contribution in [2.45, 2.75) is 159 Å².